The van der Waals surface area contributed by atoms with E-state index in [2.05, 4.69) is 5.32 Å². The van der Waals surface area contributed by atoms with Crippen LogP contribution >= 0.6 is 23.4 Å². The Labute approximate surface area is 203 Å². The summed E-state index contributed by atoms with van der Waals surface area (Å²) in [6, 6.07) is 22.9. The molecule has 0 spiro atoms. The number of para-hydroxylation sites is 1. The summed E-state index contributed by atoms with van der Waals surface area (Å²) < 4.78 is 0. The Bertz CT molecular complexity index is 1210. The number of carbonyl (C=O) groups is 2. The maximum absolute atomic E-state index is 13.5. The van der Waals surface area contributed by atoms with Crippen molar-refractivity contribution in [3.05, 3.63) is 99.4 Å². The molecule has 6 heteroatoms. The van der Waals surface area contributed by atoms with Gasteiger partial charge in [-0.05, 0) is 66.9 Å². The first kappa shape index (κ1) is 23.1. The average molecular weight is 477 g/mol. The lowest BCUT2D eigenvalue weighted by Gasteiger charge is -2.30. The van der Waals surface area contributed by atoms with Crippen molar-refractivity contribution in [1.29, 1.82) is 0 Å². The lowest BCUT2D eigenvalue weighted by molar-refractivity contribution is -0.114. The highest BCUT2D eigenvalue weighted by Gasteiger charge is 2.29. The third-order valence-corrected chi connectivity index (χ3v) is 6.83. The van der Waals surface area contributed by atoms with Crippen LogP contribution in [0.3, 0.4) is 0 Å². The van der Waals surface area contributed by atoms with Crippen molar-refractivity contribution in [2.24, 2.45) is 0 Å². The Kier molecular flexibility index (Phi) is 7.21. The minimum absolute atomic E-state index is 0.0581. The number of amides is 2. The number of carbonyl (C=O) groups excluding carboxylic acids is 2. The van der Waals surface area contributed by atoms with E-state index in [4.69, 9.17) is 11.6 Å². The molecule has 1 heterocycles. The number of nitrogens with zero attached hydrogens (tertiary/aromatic N) is 1. The van der Waals surface area contributed by atoms with Gasteiger partial charge in [-0.1, -0.05) is 66.7 Å². The Hall–Kier alpha value is -3.02. The van der Waals surface area contributed by atoms with Crippen molar-refractivity contribution in [2.45, 2.75) is 37.8 Å². The molecule has 0 aliphatic carbocycles. The van der Waals surface area contributed by atoms with Crippen LogP contribution in [0.4, 0.5) is 5.69 Å². The van der Waals surface area contributed by atoms with Crippen molar-refractivity contribution in [3.63, 3.8) is 0 Å². The van der Waals surface area contributed by atoms with E-state index in [9.17, 15) is 9.59 Å². The SMILES string of the molecule is CCC(C)NC(=O)c1ccc(/C=C2/Sc3ccccc3N(Cc3cccc(Cl)c3)C2=O)cc1. The molecule has 4 nitrogen and oxygen atoms in total. The summed E-state index contributed by atoms with van der Waals surface area (Å²) >= 11 is 7.62. The Balaban J connectivity index is 1.60. The maximum Gasteiger partial charge on any atom is 0.265 e. The first-order chi connectivity index (χ1) is 15.9. The third-order valence-electron chi connectivity index (χ3n) is 5.52. The van der Waals surface area contributed by atoms with Gasteiger partial charge in [0.2, 0.25) is 0 Å². The highest BCUT2D eigenvalue weighted by Crippen LogP contribution is 2.42. The first-order valence-electron chi connectivity index (χ1n) is 10.9. The van der Waals surface area contributed by atoms with Crippen LogP contribution in [0.5, 0.6) is 0 Å². The fourth-order valence-corrected chi connectivity index (χ4v) is 4.80. The lowest BCUT2D eigenvalue weighted by atomic mass is 10.1. The number of nitrogens with one attached hydrogen (secondary N) is 1. The van der Waals surface area contributed by atoms with Crippen LogP contribution in [0.1, 0.15) is 41.8 Å². The third kappa shape index (κ3) is 5.49. The Morgan fingerprint density at radius 3 is 2.58 bits per heavy atom. The number of benzene rings is 3. The molecule has 168 valence electrons. The minimum atomic E-state index is -0.0895. The van der Waals surface area contributed by atoms with Gasteiger partial charge in [0, 0.05) is 21.5 Å². The summed E-state index contributed by atoms with van der Waals surface area (Å²) in [5.74, 6) is -0.148. The fourth-order valence-electron chi connectivity index (χ4n) is 3.53. The molecular weight excluding hydrogens is 452 g/mol. The predicted molar refractivity (Wildman–Crippen MR) is 137 cm³/mol. The number of hydrogen-bond donors (Lipinski definition) is 1. The van der Waals surface area contributed by atoms with E-state index >= 15 is 0 Å². The lowest BCUT2D eigenvalue weighted by Crippen LogP contribution is -2.33. The van der Waals surface area contributed by atoms with Crippen LogP contribution in [0, 0.1) is 0 Å². The number of halogens is 1. The fraction of sp³-hybridized carbons (Fsp3) is 0.185. The van der Waals surface area contributed by atoms with Gasteiger partial charge in [-0.15, -0.1) is 0 Å². The molecule has 1 unspecified atom stereocenters. The van der Waals surface area contributed by atoms with E-state index in [1.54, 1.807) is 17.0 Å². The van der Waals surface area contributed by atoms with Crippen LogP contribution in [-0.4, -0.2) is 17.9 Å². The van der Waals surface area contributed by atoms with Crippen molar-refractivity contribution in [2.75, 3.05) is 4.90 Å². The van der Waals surface area contributed by atoms with Crippen LogP contribution in [0.15, 0.2) is 82.6 Å². The molecule has 33 heavy (non-hydrogen) atoms. The van der Waals surface area contributed by atoms with Crippen molar-refractivity contribution < 1.29 is 9.59 Å². The topological polar surface area (TPSA) is 49.4 Å². The largest absolute Gasteiger partial charge is 0.350 e. The van der Waals surface area contributed by atoms with Crippen LogP contribution < -0.4 is 10.2 Å². The van der Waals surface area contributed by atoms with Crippen LogP contribution in [0.25, 0.3) is 6.08 Å². The van der Waals surface area contributed by atoms with Crippen LogP contribution in [-0.2, 0) is 11.3 Å². The number of fused-ring (bicyclic) bond motifs is 1. The molecule has 1 aliphatic heterocycles. The summed E-state index contributed by atoms with van der Waals surface area (Å²) in [6.45, 7) is 4.45. The molecule has 0 aromatic heterocycles. The van der Waals surface area contributed by atoms with Crippen molar-refractivity contribution in [3.8, 4) is 0 Å². The highest BCUT2D eigenvalue weighted by atomic mass is 35.5. The molecule has 0 bridgehead atoms. The van der Waals surface area contributed by atoms with Gasteiger partial charge in [0.15, 0.2) is 0 Å². The molecule has 1 aliphatic rings. The molecule has 0 radical (unpaired) electrons. The van der Waals surface area contributed by atoms with E-state index in [0.717, 1.165) is 28.1 Å². The smallest absolute Gasteiger partial charge is 0.265 e. The normalized spacial score (nSPS) is 15.3. The summed E-state index contributed by atoms with van der Waals surface area (Å²) in [6.07, 6.45) is 2.76. The van der Waals surface area contributed by atoms with Gasteiger partial charge in [-0.2, -0.15) is 0 Å². The molecule has 3 aromatic carbocycles. The Morgan fingerprint density at radius 1 is 1.09 bits per heavy atom. The van der Waals surface area contributed by atoms with Crippen molar-refractivity contribution >= 4 is 46.9 Å². The second-order valence-corrected chi connectivity index (χ2v) is 9.52. The predicted octanol–water partition coefficient (Wildman–Crippen LogP) is 6.55. The summed E-state index contributed by atoms with van der Waals surface area (Å²) in [5, 5.41) is 3.62. The van der Waals surface area contributed by atoms with Crippen LogP contribution in [0.2, 0.25) is 5.02 Å². The number of thioether (sulfide) groups is 1. The van der Waals surface area contributed by atoms with Gasteiger partial charge in [0.05, 0.1) is 17.1 Å². The first-order valence-corrected chi connectivity index (χ1v) is 12.1. The second kappa shape index (κ2) is 10.3. The zero-order chi connectivity index (χ0) is 23.4. The number of hydrogen-bond acceptors (Lipinski definition) is 3. The van der Waals surface area contributed by atoms with Gasteiger partial charge >= 0.3 is 0 Å². The molecule has 1 atom stereocenters. The molecular formula is C27H25ClN2O2S. The molecule has 3 aromatic rings. The molecule has 0 saturated heterocycles. The van der Waals surface area contributed by atoms with Gasteiger partial charge in [0.1, 0.15) is 0 Å². The van der Waals surface area contributed by atoms with E-state index < -0.39 is 0 Å². The molecule has 2 amide bonds. The van der Waals surface area contributed by atoms with E-state index in [0.29, 0.717) is 22.0 Å². The standard InChI is InChI=1S/C27H25ClN2O2S/c1-3-18(2)29-26(31)21-13-11-19(12-14-21)16-25-27(32)30(17-20-7-6-8-22(28)15-20)23-9-4-5-10-24(23)33-25/h4-16,18H,3,17H2,1-2H3,(H,29,31)/b25-16+. The van der Waals surface area contributed by atoms with Gasteiger partial charge < -0.3 is 10.2 Å². The maximum atomic E-state index is 13.5. The summed E-state index contributed by atoms with van der Waals surface area (Å²) in [4.78, 5) is 29.2. The van der Waals surface area contributed by atoms with Gasteiger partial charge in [-0.25, -0.2) is 0 Å². The number of anilines is 1. The van der Waals surface area contributed by atoms with E-state index in [-0.39, 0.29) is 17.9 Å². The molecule has 4 rings (SSSR count). The second-order valence-electron chi connectivity index (χ2n) is 8.00. The minimum Gasteiger partial charge on any atom is -0.350 e. The quantitative estimate of drug-likeness (QED) is 0.410. The van der Waals surface area contributed by atoms with Crippen molar-refractivity contribution in [1.82, 2.24) is 5.32 Å². The molecule has 0 fully saturated rings. The molecule has 1 N–H and O–H groups in total. The van der Waals surface area contributed by atoms with Gasteiger partial charge in [0.25, 0.3) is 11.8 Å². The van der Waals surface area contributed by atoms with E-state index in [1.165, 1.54) is 11.8 Å². The Morgan fingerprint density at radius 2 is 1.85 bits per heavy atom. The highest BCUT2D eigenvalue weighted by molar-refractivity contribution is 8.04. The molecule has 0 saturated carbocycles. The summed E-state index contributed by atoms with van der Waals surface area (Å²) in [7, 11) is 0. The summed E-state index contributed by atoms with van der Waals surface area (Å²) in [5.41, 5.74) is 3.33. The number of rotatable bonds is 6. The zero-order valence-electron chi connectivity index (χ0n) is 18.5. The monoisotopic (exact) mass is 476 g/mol. The zero-order valence-corrected chi connectivity index (χ0v) is 20.1. The van der Waals surface area contributed by atoms with E-state index in [1.807, 2.05) is 80.6 Å². The average Bonchev–Trinajstić information content (AvgIpc) is 2.82. The van der Waals surface area contributed by atoms with Gasteiger partial charge in [-0.3, -0.25) is 9.59 Å².